The number of pyridine rings is 1. The lowest BCUT2D eigenvalue weighted by Gasteiger charge is -2.26. The fourth-order valence-corrected chi connectivity index (χ4v) is 2.01. The number of nitrogens with zero attached hydrogens (tertiary/aromatic N) is 1. The van der Waals surface area contributed by atoms with Crippen LogP contribution < -0.4 is 11.1 Å². The molecule has 0 saturated carbocycles. The van der Waals surface area contributed by atoms with E-state index in [1.807, 2.05) is 6.92 Å². The summed E-state index contributed by atoms with van der Waals surface area (Å²) in [6.45, 7) is 2.78. The van der Waals surface area contributed by atoms with Crippen LogP contribution in [0.5, 0.6) is 0 Å². The first kappa shape index (κ1) is 12.4. The maximum absolute atomic E-state index is 10.3. The van der Waals surface area contributed by atoms with Crippen LogP contribution in [0.3, 0.4) is 0 Å². The first-order chi connectivity index (χ1) is 8.01. The van der Waals surface area contributed by atoms with Crippen LogP contribution in [-0.4, -0.2) is 34.9 Å². The highest BCUT2D eigenvalue weighted by Crippen LogP contribution is 2.27. The van der Waals surface area contributed by atoms with Crippen LogP contribution >= 0.6 is 11.6 Å². The summed E-state index contributed by atoms with van der Waals surface area (Å²) in [5.41, 5.74) is 5.36. The van der Waals surface area contributed by atoms with Gasteiger partial charge in [0.2, 0.25) is 0 Å². The molecule has 0 amide bonds. The average molecular weight is 258 g/mol. The van der Waals surface area contributed by atoms with Gasteiger partial charge in [-0.1, -0.05) is 11.6 Å². The van der Waals surface area contributed by atoms with Crippen LogP contribution in [0.25, 0.3) is 0 Å². The average Bonchev–Trinajstić information content (AvgIpc) is 2.59. The summed E-state index contributed by atoms with van der Waals surface area (Å²) in [7, 11) is 0. The number of rotatable bonds is 3. The fraction of sp³-hybridized carbons (Fsp3) is 0.545. The molecular weight excluding hydrogens is 242 g/mol. The van der Waals surface area contributed by atoms with Gasteiger partial charge < -0.3 is 20.9 Å². The van der Waals surface area contributed by atoms with Gasteiger partial charge in [0.1, 0.15) is 11.4 Å². The summed E-state index contributed by atoms with van der Waals surface area (Å²) in [6, 6.07) is 1.62. The summed E-state index contributed by atoms with van der Waals surface area (Å²) >= 11 is 5.76. The van der Waals surface area contributed by atoms with Crippen LogP contribution in [0.1, 0.15) is 13.3 Å². The topological polar surface area (TPSA) is 80.4 Å². The zero-order chi connectivity index (χ0) is 12.5. The summed E-state index contributed by atoms with van der Waals surface area (Å²) in [5, 5.41) is 13.8. The van der Waals surface area contributed by atoms with E-state index in [-0.39, 0.29) is 6.10 Å². The molecule has 0 radical (unpaired) electrons. The molecular formula is C11H16ClN3O2. The van der Waals surface area contributed by atoms with Crippen molar-refractivity contribution in [3.8, 4) is 0 Å². The molecule has 17 heavy (non-hydrogen) atoms. The molecule has 0 aromatic carbocycles. The molecule has 1 saturated heterocycles. The summed E-state index contributed by atoms with van der Waals surface area (Å²) in [4.78, 5) is 4.07. The molecule has 0 aliphatic carbocycles. The molecule has 5 nitrogen and oxygen atoms in total. The number of halogens is 1. The van der Waals surface area contributed by atoms with Crippen LogP contribution in [0.2, 0.25) is 5.02 Å². The van der Waals surface area contributed by atoms with Crippen molar-refractivity contribution in [1.82, 2.24) is 4.98 Å². The second kappa shape index (κ2) is 4.68. The smallest absolute Gasteiger partial charge is 0.149 e. The Labute approximate surface area is 105 Å². The fourth-order valence-electron chi connectivity index (χ4n) is 1.84. The molecule has 2 heterocycles. The van der Waals surface area contributed by atoms with Gasteiger partial charge in [0.05, 0.1) is 16.8 Å². The zero-order valence-electron chi connectivity index (χ0n) is 9.61. The number of hydrogen-bond acceptors (Lipinski definition) is 5. The van der Waals surface area contributed by atoms with Gasteiger partial charge in [-0.3, -0.25) is 0 Å². The number of ether oxygens (including phenoxy) is 1. The summed E-state index contributed by atoms with van der Waals surface area (Å²) in [6.07, 6.45) is 1.93. The summed E-state index contributed by atoms with van der Waals surface area (Å²) in [5.74, 6) is 0.530. The number of nitrogens with one attached hydrogen (secondary N) is 1. The third-order valence-corrected chi connectivity index (χ3v) is 3.31. The normalized spacial score (nSPS) is 28.3. The Morgan fingerprint density at radius 1 is 1.76 bits per heavy atom. The number of aromatic nitrogens is 1. The van der Waals surface area contributed by atoms with Gasteiger partial charge in [-0.15, -0.1) is 0 Å². The van der Waals surface area contributed by atoms with Gasteiger partial charge in [0.15, 0.2) is 0 Å². The third-order valence-electron chi connectivity index (χ3n) is 3.11. The van der Waals surface area contributed by atoms with Gasteiger partial charge in [-0.05, 0) is 13.0 Å². The number of nitrogens with two attached hydrogens (primary N) is 1. The van der Waals surface area contributed by atoms with Crippen molar-refractivity contribution < 1.29 is 9.84 Å². The minimum atomic E-state index is -0.867. The molecule has 0 bridgehead atoms. The highest BCUT2D eigenvalue weighted by molar-refractivity contribution is 6.30. The Kier molecular flexibility index (Phi) is 3.42. The number of nitrogen functional groups attached to an aromatic ring is 1. The van der Waals surface area contributed by atoms with E-state index >= 15 is 0 Å². The molecule has 1 aliphatic heterocycles. The Morgan fingerprint density at radius 3 is 3.12 bits per heavy atom. The van der Waals surface area contributed by atoms with Crippen molar-refractivity contribution >= 4 is 23.1 Å². The first-order valence-electron chi connectivity index (χ1n) is 5.50. The van der Waals surface area contributed by atoms with E-state index in [0.717, 1.165) is 0 Å². The van der Waals surface area contributed by atoms with Gasteiger partial charge >= 0.3 is 0 Å². The van der Waals surface area contributed by atoms with Crippen molar-refractivity contribution in [1.29, 1.82) is 0 Å². The maximum atomic E-state index is 10.3. The molecule has 1 aliphatic rings. The van der Waals surface area contributed by atoms with Gasteiger partial charge in [-0.25, -0.2) is 4.98 Å². The van der Waals surface area contributed by atoms with Crippen LogP contribution in [0.15, 0.2) is 12.3 Å². The predicted molar refractivity (Wildman–Crippen MR) is 67.1 cm³/mol. The standard InChI is InChI=1S/C11H16ClN3O2/c1-7-11(16,2-3-17-7)6-15-10-9(13)4-8(12)5-14-10/h4-5,7,16H,2-3,6,13H2,1H3,(H,14,15). The lowest BCUT2D eigenvalue weighted by molar-refractivity contribution is -0.0176. The molecule has 0 spiro atoms. The molecule has 6 heteroatoms. The van der Waals surface area contributed by atoms with E-state index in [0.29, 0.717) is 36.1 Å². The van der Waals surface area contributed by atoms with Crippen LogP contribution in [0.4, 0.5) is 11.5 Å². The Balaban J connectivity index is 2.02. The molecule has 4 N–H and O–H groups in total. The largest absolute Gasteiger partial charge is 0.396 e. The van der Waals surface area contributed by atoms with E-state index in [2.05, 4.69) is 10.3 Å². The number of anilines is 2. The quantitative estimate of drug-likeness (QED) is 0.760. The van der Waals surface area contributed by atoms with Gasteiger partial charge in [-0.2, -0.15) is 0 Å². The van der Waals surface area contributed by atoms with E-state index < -0.39 is 5.60 Å². The second-order valence-corrected chi connectivity index (χ2v) is 4.75. The lowest BCUT2D eigenvalue weighted by atomic mass is 9.97. The molecule has 1 fully saturated rings. The minimum Gasteiger partial charge on any atom is -0.396 e. The monoisotopic (exact) mass is 257 g/mol. The van der Waals surface area contributed by atoms with E-state index in [1.54, 1.807) is 6.07 Å². The van der Waals surface area contributed by atoms with E-state index in [4.69, 9.17) is 22.1 Å². The minimum absolute atomic E-state index is 0.191. The van der Waals surface area contributed by atoms with E-state index in [1.165, 1.54) is 6.20 Å². The number of aliphatic hydroxyl groups is 1. The lowest BCUT2D eigenvalue weighted by Crippen LogP contribution is -2.43. The van der Waals surface area contributed by atoms with Crippen molar-refractivity contribution in [2.75, 3.05) is 24.2 Å². The second-order valence-electron chi connectivity index (χ2n) is 4.31. The molecule has 1 aromatic rings. The molecule has 2 atom stereocenters. The Hall–Kier alpha value is -1.04. The zero-order valence-corrected chi connectivity index (χ0v) is 10.4. The highest BCUT2D eigenvalue weighted by Gasteiger charge is 2.39. The van der Waals surface area contributed by atoms with Crippen molar-refractivity contribution in [3.63, 3.8) is 0 Å². The first-order valence-corrected chi connectivity index (χ1v) is 5.88. The van der Waals surface area contributed by atoms with Gasteiger partial charge in [0.25, 0.3) is 0 Å². The van der Waals surface area contributed by atoms with Crippen molar-refractivity contribution in [2.24, 2.45) is 0 Å². The number of hydrogen-bond donors (Lipinski definition) is 3. The maximum Gasteiger partial charge on any atom is 0.149 e. The van der Waals surface area contributed by atoms with Crippen LogP contribution in [-0.2, 0) is 4.74 Å². The van der Waals surface area contributed by atoms with Crippen LogP contribution in [0, 0.1) is 0 Å². The molecule has 1 aromatic heterocycles. The molecule has 2 unspecified atom stereocenters. The predicted octanol–water partition coefficient (Wildman–Crippen LogP) is 1.27. The molecule has 94 valence electrons. The SMILES string of the molecule is CC1OCCC1(O)CNc1ncc(Cl)cc1N. The van der Waals surface area contributed by atoms with Gasteiger partial charge in [0, 0.05) is 25.8 Å². The Morgan fingerprint density at radius 2 is 2.53 bits per heavy atom. The third kappa shape index (κ3) is 2.62. The van der Waals surface area contributed by atoms with Crippen molar-refractivity contribution in [2.45, 2.75) is 25.0 Å². The summed E-state index contributed by atoms with van der Waals surface area (Å²) < 4.78 is 5.34. The van der Waals surface area contributed by atoms with E-state index in [9.17, 15) is 5.11 Å². The molecule has 2 rings (SSSR count). The van der Waals surface area contributed by atoms with Crippen molar-refractivity contribution in [3.05, 3.63) is 17.3 Å². The Bertz CT molecular complexity index is 416. The highest BCUT2D eigenvalue weighted by atomic mass is 35.5.